The number of hydrogen-bond donors (Lipinski definition) is 1. The normalized spacial score (nSPS) is 16.9. The van der Waals surface area contributed by atoms with Crippen molar-refractivity contribution in [2.75, 3.05) is 6.61 Å². The lowest BCUT2D eigenvalue weighted by molar-refractivity contribution is -0.173. The predicted octanol–water partition coefficient (Wildman–Crippen LogP) is 0.916. The molecule has 1 N–H and O–H groups in total. The third-order valence-corrected chi connectivity index (χ3v) is 2.49. The van der Waals surface area contributed by atoms with Gasteiger partial charge in [0.15, 0.2) is 5.60 Å². The largest absolute Gasteiger partial charge is 0.464 e. The second kappa shape index (κ2) is 5.10. The predicted molar refractivity (Wildman–Crippen MR) is 51.7 cm³/mol. The van der Waals surface area contributed by atoms with Crippen LogP contribution in [0.4, 0.5) is 0 Å². The van der Waals surface area contributed by atoms with Gasteiger partial charge in [0.2, 0.25) is 0 Å². The second-order valence-electron chi connectivity index (χ2n) is 3.33. The first-order valence-corrected chi connectivity index (χ1v) is 4.80. The Morgan fingerprint density at radius 3 is 2.21 bits per heavy atom. The minimum absolute atomic E-state index is 0.173. The molecule has 0 aliphatic rings. The number of Topliss-reactive ketones (excluding diaryl/α,β-unsaturated/α-hetero) is 1. The number of aliphatic hydroxyl groups is 1. The van der Waals surface area contributed by atoms with Crippen molar-refractivity contribution in [1.82, 2.24) is 0 Å². The molecule has 0 bridgehead atoms. The smallest absolute Gasteiger partial charge is 0.338 e. The maximum absolute atomic E-state index is 11.4. The van der Waals surface area contributed by atoms with E-state index in [9.17, 15) is 14.7 Å². The topological polar surface area (TPSA) is 63.6 Å². The van der Waals surface area contributed by atoms with E-state index < -0.39 is 17.5 Å². The highest BCUT2D eigenvalue weighted by atomic mass is 16.5. The summed E-state index contributed by atoms with van der Waals surface area (Å²) in [4.78, 5) is 22.5. The molecule has 0 aromatic heterocycles. The van der Waals surface area contributed by atoms with Crippen molar-refractivity contribution in [3.63, 3.8) is 0 Å². The van der Waals surface area contributed by atoms with Gasteiger partial charge in [0.25, 0.3) is 0 Å². The molecule has 4 nitrogen and oxygen atoms in total. The van der Waals surface area contributed by atoms with Crippen molar-refractivity contribution < 1.29 is 19.4 Å². The Bertz CT molecular complexity index is 224. The molecule has 0 aliphatic carbocycles. The van der Waals surface area contributed by atoms with Crippen LogP contribution < -0.4 is 0 Å². The van der Waals surface area contributed by atoms with E-state index in [0.717, 1.165) is 0 Å². The molecule has 14 heavy (non-hydrogen) atoms. The van der Waals surface area contributed by atoms with Crippen molar-refractivity contribution in [3.05, 3.63) is 0 Å². The average molecular weight is 202 g/mol. The number of ether oxygens (including phenoxy) is 1. The van der Waals surface area contributed by atoms with Crippen LogP contribution in [0, 0.1) is 5.92 Å². The summed E-state index contributed by atoms with van der Waals surface area (Å²) in [6, 6.07) is 0. The van der Waals surface area contributed by atoms with Gasteiger partial charge in [0.1, 0.15) is 5.78 Å². The van der Waals surface area contributed by atoms with Gasteiger partial charge in [-0.25, -0.2) is 4.79 Å². The summed E-state index contributed by atoms with van der Waals surface area (Å²) in [7, 11) is 0. The van der Waals surface area contributed by atoms with Crippen molar-refractivity contribution in [1.29, 1.82) is 0 Å². The number of esters is 1. The zero-order valence-corrected chi connectivity index (χ0v) is 9.16. The molecule has 0 fully saturated rings. The average Bonchev–Trinajstić information content (AvgIpc) is 2.15. The summed E-state index contributed by atoms with van der Waals surface area (Å²) in [5.74, 6) is -1.67. The van der Waals surface area contributed by atoms with Gasteiger partial charge in [0.05, 0.1) is 12.5 Å². The van der Waals surface area contributed by atoms with Crippen molar-refractivity contribution >= 4 is 11.8 Å². The van der Waals surface area contributed by atoms with Crippen molar-refractivity contribution in [3.8, 4) is 0 Å². The SMILES string of the molecule is CCOC(=O)C(O)(CC)C(C)C(C)=O. The Labute approximate surface area is 84.3 Å². The molecule has 0 radical (unpaired) electrons. The van der Waals surface area contributed by atoms with Crippen LogP contribution in [0.25, 0.3) is 0 Å². The molecule has 0 heterocycles. The quantitative estimate of drug-likeness (QED) is 0.673. The zero-order chi connectivity index (χ0) is 11.4. The van der Waals surface area contributed by atoms with Gasteiger partial charge in [-0.2, -0.15) is 0 Å². The third kappa shape index (κ3) is 2.54. The molecular weight excluding hydrogens is 184 g/mol. The monoisotopic (exact) mass is 202 g/mol. The van der Waals surface area contributed by atoms with Crippen LogP contribution in [0.5, 0.6) is 0 Å². The molecular formula is C10H18O4. The van der Waals surface area contributed by atoms with Gasteiger partial charge in [0, 0.05) is 0 Å². The van der Waals surface area contributed by atoms with E-state index in [4.69, 9.17) is 4.74 Å². The molecule has 2 unspecified atom stereocenters. The highest BCUT2D eigenvalue weighted by Crippen LogP contribution is 2.23. The van der Waals surface area contributed by atoms with Crippen LogP contribution in [0.1, 0.15) is 34.1 Å². The van der Waals surface area contributed by atoms with E-state index in [-0.39, 0.29) is 18.8 Å². The lowest BCUT2D eigenvalue weighted by Crippen LogP contribution is -2.48. The third-order valence-electron chi connectivity index (χ3n) is 2.49. The minimum atomic E-state index is -1.68. The fourth-order valence-corrected chi connectivity index (χ4v) is 1.22. The molecule has 0 aliphatic heterocycles. The summed E-state index contributed by atoms with van der Waals surface area (Å²) in [6.07, 6.45) is 0.173. The summed E-state index contributed by atoms with van der Waals surface area (Å²) in [5, 5.41) is 9.96. The first-order valence-electron chi connectivity index (χ1n) is 4.80. The highest BCUT2D eigenvalue weighted by Gasteiger charge is 2.43. The zero-order valence-electron chi connectivity index (χ0n) is 9.16. The van der Waals surface area contributed by atoms with E-state index in [0.29, 0.717) is 0 Å². The fourth-order valence-electron chi connectivity index (χ4n) is 1.22. The summed E-state index contributed by atoms with van der Waals surface area (Å²) in [6.45, 7) is 6.39. The number of rotatable bonds is 5. The van der Waals surface area contributed by atoms with Crippen molar-refractivity contribution in [2.45, 2.75) is 39.7 Å². The molecule has 0 amide bonds. The van der Waals surface area contributed by atoms with E-state index in [1.165, 1.54) is 13.8 Å². The standard InChI is InChI=1S/C10H18O4/c1-5-10(13,7(3)8(4)11)9(12)14-6-2/h7,13H,5-6H2,1-4H3. The van der Waals surface area contributed by atoms with Crippen LogP contribution in [-0.2, 0) is 14.3 Å². The Kier molecular flexibility index (Phi) is 4.77. The lowest BCUT2D eigenvalue weighted by Gasteiger charge is -2.28. The molecule has 4 heteroatoms. The lowest BCUT2D eigenvalue weighted by atomic mass is 9.84. The van der Waals surface area contributed by atoms with Gasteiger partial charge in [-0.3, -0.25) is 4.79 Å². The van der Waals surface area contributed by atoms with Crippen molar-refractivity contribution in [2.24, 2.45) is 5.92 Å². The number of carbonyl (C=O) groups is 2. The van der Waals surface area contributed by atoms with Crippen LogP contribution in [-0.4, -0.2) is 29.1 Å². The number of ketones is 1. The van der Waals surface area contributed by atoms with Gasteiger partial charge in [-0.1, -0.05) is 13.8 Å². The molecule has 0 spiro atoms. The molecule has 0 saturated heterocycles. The van der Waals surface area contributed by atoms with Crippen LogP contribution in [0.15, 0.2) is 0 Å². The molecule has 2 atom stereocenters. The van der Waals surface area contributed by atoms with Gasteiger partial charge >= 0.3 is 5.97 Å². The second-order valence-corrected chi connectivity index (χ2v) is 3.33. The van der Waals surface area contributed by atoms with E-state index in [1.54, 1.807) is 13.8 Å². The van der Waals surface area contributed by atoms with Gasteiger partial charge < -0.3 is 9.84 Å². The van der Waals surface area contributed by atoms with E-state index >= 15 is 0 Å². The summed E-state index contributed by atoms with van der Waals surface area (Å²) >= 11 is 0. The maximum Gasteiger partial charge on any atom is 0.338 e. The first kappa shape index (κ1) is 13.1. The Balaban J connectivity index is 4.78. The summed E-state index contributed by atoms with van der Waals surface area (Å²) in [5.41, 5.74) is -1.68. The Morgan fingerprint density at radius 1 is 1.43 bits per heavy atom. The highest BCUT2D eigenvalue weighted by molar-refractivity contribution is 5.89. The van der Waals surface area contributed by atoms with Crippen LogP contribution in [0.3, 0.4) is 0 Å². The minimum Gasteiger partial charge on any atom is -0.464 e. The van der Waals surface area contributed by atoms with Gasteiger partial charge in [-0.05, 0) is 20.3 Å². The molecule has 0 aromatic rings. The first-order chi connectivity index (χ1) is 6.40. The Hall–Kier alpha value is -0.900. The molecule has 0 saturated carbocycles. The molecule has 82 valence electrons. The summed E-state index contributed by atoms with van der Waals surface area (Å²) < 4.78 is 4.73. The maximum atomic E-state index is 11.4. The van der Waals surface area contributed by atoms with Crippen LogP contribution in [0.2, 0.25) is 0 Å². The fraction of sp³-hybridized carbons (Fsp3) is 0.800. The number of hydrogen-bond acceptors (Lipinski definition) is 4. The molecule has 0 rings (SSSR count). The van der Waals surface area contributed by atoms with E-state index in [1.807, 2.05) is 0 Å². The van der Waals surface area contributed by atoms with E-state index in [2.05, 4.69) is 0 Å². The molecule has 0 aromatic carbocycles. The van der Waals surface area contributed by atoms with Gasteiger partial charge in [-0.15, -0.1) is 0 Å². The Morgan fingerprint density at radius 2 is 1.93 bits per heavy atom. The van der Waals surface area contributed by atoms with Crippen LogP contribution >= 0.6 is 0 Å². The number of carbonyl (C=O) groups excluding carboxylic acids is 2.